The van der Waals surface area contributed by atoms with Gasteiger partial charge in [-0.25, -0.2) is 14.4 Å². The molecule has 0 radical (unpaired) electrons. The van der Waals surface area contributed by atoms with E-state index in [-0.39, 0.29) is 34.7 Å². The molecule has 48 heavy (non-hydrogen) atoms. The van der Waals surface area contributed by atoms with Crippen LogP contribution in [-0.2, 0) is 0 Å². The van der Waals surface area contributed by atoms with Crippen LogP contribution in [0.25, 0.3) is 0 Å². The summed E-state index contributed by atoms with van der Waals surface area (Å²) in [6.07, 6.45) is 24.0. The Balaban J connectivity index is 0.765. The SMILES string of the molecule is O=C(NCCCN(CCCNC(=O)NC12CC3CC(CC(C3)C1)C2)C(=O)NC12CC3CC(CC(C3)C1)C2)NC12CC3CC(CC(C3)C1)C2. The van der Waals surface area contributed by atoms with Crippen molar-refractivity contribution in [3.8, 4) is 0 Å². The van der Waals surface area contributed by atoms with Crippen LogP contribution < -0.4 is 26.6 Å². The number of hydrogen-bond donors (Lipinski definition) is 5. The molecule has 266 valence electrons. The van der Waals surface area contributed by atoms with E-state index >= 15 is 0 Å². The van der Waals surface area contributed by atoms with Gasteiger partial charge >= 0.3 is 18.1 Å². The van der Waals surface area contributed by atoms with Gasteiger partial charge in [-0.3, -0.25) is 0 Å². The average molecular weight is 663 g/mol. The summed E-state index contributed by atoms with van der Waals surface area (Å²) in [4.78, 5) is 42.0. The van der Waals surface area contributed by atoms with E-state index in [1.54, 1.807) is 0 Å². The van der Waals surface area contributed by atoms with Crippen LogP contribution in [0.3, 0.4) is 0 Å². The number of carbonyl (C=O) groups excluding carboxylic acids is 3. The molecule has 12 rings (SSSR count). The number of carbonyl (C=O) groups is 3. The van der Waals surface area contributed by atoms with Crippen molar-refractivity contribution in [3.05, 3.63) is 0 Å². The molecule has 0 saturated heterocycles. The van der Waals surface area contributed by atoms with Crippen LogP contribution in [0.5, 0.6) is 0 Å². The van der Waals surface area contributed by atoms with E-state index < -0.39 is 0 Å². The van der Waals surface area contributed by atoms with Gasteiger partial charge in [-0.15, -0.1) is 0 Å². The number of hydrogen-bond acceptors (Lipinski definition) is 3. The van der Waals surface area contributed by atoms with Gasteiger partial charge in [-0.05, 0) is 182 Å². The van der Waals surface area contributed by atoms with E-state index in [2.05, 4.69) is 26.6 Å². The van der Waals surface area contributed by atoms with Gasteiger partial charge in [0.25, 0.3) is 0 Å². The Bertz CT molecular complexity index is 1090. The molecule has 0 aromatic carbocycles. The molecule has 12 bridgehead atoms. The Kier molecular flexibility index (Phi) is 8.10. The van der Waals surface area contributed by atoms with Gasteiger partial charge in [0, 0.05) is 42.8 Å². The van der Waals surface area contributed by atoms with Crippen LogP contribution >= 0.6 is 0 Å². The topological polar surface area (TPSA) is 115 Å². The lowest BCUT2D eigenvalue weighted by molar-refractivity contribution is -0.0157. The normalized spacial score (nSPS) is 45.2. The van der Waals surface area contributed by atoms with Gasteiger partial charge in [0.05, 0.1) is 0 Å². The van der Waals surface area contributed by atoms with E-state index in [0.29, 0.717) is 26.2 Å². The maximum Gasteiger partial charge on any atom is 0.317 e. The maximum absolute atomic E-state index is 13.9. The second-order valence-electron chi connectivity index (χ2n) is 19.5. The molecule has 0 heterocycles. The highest BCUT2D eigenvalue weighted by Gasteiger charge is 2.54. The number of nitrogens with zero attached hydrogens (tertiary/aromatic N) is 1. The minimum Gasteiger partial charge on any atom is -0.338 e. The molecule has 12 saturated carbocycles. The summed E-state index contributed by atoms with van der Waals surface area (Å²) in [6.45, 7) is 2.33. The standard InChI is InChI=1S/C39H62N6O3/c46-34(42-37-16-25-7-26(17-37)9-27(8-25)18-37)40-3-1-5-45(36(48)44-39-22-31-13-32(23-39)15-33(14-31)24-39)6-2-4-41-35(47)43-38-19-28-10-29(20-38)12-30(11-28)21-38/h25-33H,1-24H2,(H,44,48)(H2,40,42,46)(H2,41,43,47). The van der Waals surface area contributed by atoms with E-state index in [0.717, 1.165) is 124 Å². The van der Waals surface area contributed by atoms with E-state index in [1.807, 2.05) is 4.90 Å². The van der Waals surface area contributed by atoms with Gasteiger partial charge in [0.15, 0.2) is 0 Å². The summed E-state index contributed by atoms with van der Waals surface area (Å²) in [6, 6.07) is -0.0144. The zero-order valence-corrected chi connectivity index (χ0v) is 29.3. The highest BCUT2D eigenvalue weighted by molar-refractivity contribution is 5.76. The number of nitrogens with one attached hydrogen (secondary N) is 5. The van der Waals surface area contributed by atoms with Crippen molar-refractivity contribution in [1.82, 2.24) is 31.5 Å². The van der Waals surface area contributed by atoms with Crippen LogP contribution in [-0.4, -0.2) is 65.8 Å². The Hall–Kier alpha value is -2.19. The number of rotatable bonds is 11. The predicted molar refractivity (Wildman–Crippen MR) is 185 cm³/mol. The maximum atomic E-state index is 13.9. The summed E-state index contributed by atoms with van der Waals surface area (Å²) >= 11 is 0. The third kappa shape index (κ3) is 6.42. The highest BCUT2D eigenvalue weighted by atomic mass is 16.2. The minimum absolute atomic E-state index is 0.0115. The molecular formula is C39H62N6O3. The molecule has 6 amide bonds. The number of urea groups is 3. The van der Waals surface area contributed by atoms with Crippen LogP contribution in [0.2, 0.25) is 0 Å². The number of amides is 6. The van der Waals surface area contributed by atoms with Crippen LogP contribution in [0, 0.1) is 53.3 Å². The first-order valence-electron chi connectivity index (χ1n) is 20.4. The summed E-state index contributed by atoms with van der Waals surface area (Å²) in [5.41, 5.74) is -0.00866. The molecule has 12 aliphatic carbocycles. The molecule has 0 aromatic heterocycles. The molecule has 0 aliphatic heterocycles. The fraction of sp³-hybridized carbons (Fsp3) is 0.923. The Morgan fingerprint density at radius 2 is 0.708 bits per heavy atom. The zero-order valence-electron chi connectivity index (χ0n) is 29.3. The van der Waals surface area contributed by atoms with Gasteiger partial charge in [-0.2, -0.15) is 0 Å². The van der Waals surface area contributed by atoms with Crippen molar-refractivity contribution in [2.45, 2.75) is 145 Å². The van der Waals surface area contributed by atoms with Crippen molar-refractivity contribution < 1.29 is 14.4 Å². The first-order chi connectivity index (χ1) is 23.2. The molecule has 9 heteroatoms. The van der Waals surface area contributed by atoms with Gasteiger partial charge in [0.1, 0.15) is 0 Å². The summed E-state index contributed by atoms with van der Waals surface area (Å²) in [5, 5.41) is 16.7. The third-order valence-corrected chi connectivity index (χ3v) is 15.3. The minimum atomic E-state index is -0.0317. The first kappa shape index (κ1) is 31.8. The summed E-state index contributed by atoms with van der Waals surface area (Å²) in [5.74, 6) is 7.14. The lowest BCUT2D eigenvalue weighted by Gasteiger charge is -2.57. The lowest BCUT2D eigenvalue weighted by Crippen LogP contribution is -2.62. The van der Waals surface area contributed by atoms with Gasteiger partial charge in [-0.1, -0.05) is 0 Å². The third-order valence-electron chi connectivity index (χ3n) is 15.3. The zero-order chi connectivity index (χ0) is 32.5. The molecule has 0 spiro atoms. The smallest absolute Gasteiger partial charge is 0.317 e. The van der Waals surface area contributed by atoms with Crippen molar-refractivity contribution >= 4 is 18.1 Å². The van der Waals surface area contributed by atoms with Crippen molar-refractivity contribution in [3.63, 3.8) is 0 Å². The molecular weight excluding hydrogens is 600 g/mol. The average Bonchev–Trinajstić information content (AvgIpc) is 2.97. The van der Waals surface area contributed by atoms with Crippen molar-refractivity contribution in [1.29, 1.82) is 0 Å². The van der Waals surface area contributed by atoms with E-state index in [1.165, 1.54) is 57.8 Å². The van der Waals surface area contributed by atoms with Gasteiger partial charge in [0.2, 0.25) is 0 Å². The molecule has 12 aliphatic rings. The second-order valence-corrected chi connectivity index (χ2v) is 19.5. The Labute approximate surface area is 288 Å². The quantitative estimate of drug-likeness (QED) is 0.168. The second kappa shape index (κ2) is 12.2. The first-order valence-corrected chi connectivity index (χ1v) is 20.4. The van der Waals surface area contributed by atoms with Crippen molar-refractivity contribution in [2.75, 3.05) is 26.2 Å². The lowest BCUT2D eigenvalue weighted by atomic mass is 9.53. The van der Waals surface area contributed by atoms with Crippen LogP contribution in [0.4, 0.5) is 14.4 Å². The molecule has 0 atom stereocenters. The molecule has 5 N–H and O–H groups in total. The van der Waals surface area contributed by atoms with E-state index in [4.69, 9.17) is 0 Å². The Morgan fingerprint density at radius 1 is 0.438 bits per heavy atom. The molecule has 0 aromatic rings. The summed E-state index contributed by atoms with van der Waals surface area (Å²) < 4.78 is 0. The monoisotopic (exact) mass is 662 g/mol. The van der Waals surface area contributed by atoms with Gasteiger partial charge < -0.3 is 31.5 Å². The molecule has 9 nitrogen and oxygen atoms in total. The largest absolute Gasteiger partial charge is 0.338 e. The predicted octanol–water partition coefficient (Wildman–Crippen LogP) is 6.28. The molecule has 12 fully saturated rings. The van der Waals surface area contributed by atoms with E-state index in [9.17, 15) is 14.4 Å². The molecule has 0 unspecified atom stereocenters. The fourth-order valence-corrected chi connectivity index (χ4v) is 14.9. The summed E-state index contributed by atoms with van der Waals surface area (Å²) in [7, 11) is 0. The highest BCUT2D eigenvalue weighted by Crippen LogP contribution is 2.57. The van der Waals surface area contributed by atoms with Crippen LogP contribution in [0.15, 0.2) is 0 Å². The van der Waals surface area contributed by atoms with Crippen molar-refractivity contribution in [2.24, 2.45) is 53.3 Å². The van der Waals surface area contributed by atoms with Crippen LogP contribution in [0.1, 0.15) is 128 Å². The fourth-order valence-electron chi connectivity index (χ4n) is 14.9. The Morgan fingerprint density at radius 3 is 1.00 bits per heavy atom.